The molecular weight excluding hydrogens is 112 g/mol. The maximum atomic E-state index is 9.60. The van der Waals surface area contributed by atoms with Crippen LogP contribution in [0.5, 0.6) is 0 Å². The fraction of sp³-hybridized carbons (Fsp3) is 0. The van der Waals surface area contributed by atoms with E-state index in [4.69, 9.17) is 11.5 Å². The Hall–Kier alpha value is -1.46. The normalized spacial score (nSPS) is 8.00. The highest BCUT2D eigenvalue weighted by Crippen LogP contribution is 1.81. The molecule has 0 radical (unpaired) electrons. The van der Waals surface area contributed by atoms with Crippen LogP contribution in [0.3, 0.4) is 0 Å². The van der Waals surface area contributed by atoms with Crippen molar-refractivity contribution in [2.24, 2.45) is 17.2 Å². The van der Waals surface area contributed by atoms with Crippen LogP contribution in [0, 0.1) is 10.1 Å². The van der Waals surface area contributed by atoms with Gasteiger partial charge < -0.3 is 21.6 Å². The van der Waals surface area contributed by atoms with E-state index in [0.717, 1.165) is 0 Å². The molecule has 0 aliphatic heterocycles. The van der Waals surface area contributed by atoms with Crippen LogP contribution in [-0.4, -0.2) is 4.92 Å². The molecule has 6 nitrogen and oxygen atoms in total. The van der Waals surface area contributed by atoms with Gasteiger partial charge in [0.1, 0.15) is 0 Å². The third-order valence-electron chi connectivity index (χ3n) is 0.492. The van der Waals surface area contributed by atoms with Gasteiger partial charge in [0.05, 0.1) is 0 Å². The van der Waals surface area contributed by atoms with Crippen LogP contribution in [0.15, 0.2) is 11.6 Å². The molecule has 0 heterocycles. The van der Waals surface area contributed by atoms with E-state index < -0.39 is 16.6 Å². The zero-order chi connectivity index (χ0) is 6.73. The number of hydrogen-bond donors (Lipinski definition) is 3. The molecule has 0 aromatic carbocycles. The summed E-state index contributed by atoms with van der Waals surface area (Å²) in [7, 11) is 0. The van der Waals surface area contributed by atoms with Crippen LogP contribution < -0.4 is 17.2 Å². The Kier molecular flexibility index (Phi) is 1.64. The third kappa shape index (κ3) is 1.33. The van der Waals surface area contributed by atoms with Gasteiger partial charge in [0.15, 0.2) is 5.82 Å². The third-order valence-corrected chi connectivity index (χ3v) is 0.492. The molecule has 0 aromatic heterocycles. The predicted octanol–water partition coefficient (Wildman–Crippen LogP) is -1.73. The molecule has 0 bridgehead atoms. The minimum absolute atomic E-state index is 0.463. The zero-order valence-electron chi connectivity index (χ0n) is 4.00. The largest absolute Gasteiger partial charge is 0.379 e. The Bertz CT molecular complexity index is 135. The predicted molar refractivity (Wildman–Crippen MR) is 26.6 cm³/mol. The molecule has 6 heteroatoms. The summed E-state index contributed by atoms with van der Waals surface area (Å²) in [5, 5.41) is 9.60. The summed E-state index contributed by atoms with van der Waals surface area (Å²) >= 11 is 0. The molecular formula is C2H6N4O2. The fourth-order valence-electron chi connectivity index (χ4n) is 0.105. The zero-order valence-corrected chi connectivity index (χ0v) is 4.00. The lowest BCUT2D eigenvalue weighted by Gasteiger charge is -1.92. The molecule has 0 aliphatic carbocycles. The molecule has 6 N–H and O–H groups in total. The summed E-state index contributed by atoms with van der Waals surface area (Å²) in [5.74, 6) is -1.17. The summed E-state index contributed by atoms with van der Waals surface area (Å²) in [4.78, 5) is 8.75. The van der Waals surface area contributed by atoms with Gasteiger partial charge in [-0.3, -0.25) is 5.73 Å². The van der Waals surface area contributed by atoms with Crippen molar-refractivity contribution in [3.05, 3.63) is 21.8 Å². The SMILES string of the molecule is NC(N)=C(N)[N+](=O)[O-]. The summed E-state index contributed by atoms with van der Waals surface area (Å²) in [6.45, 7) is 0. The second kappa shape index (κ2) is 2.01. The van der Waals surface area contributed by atoms with Crippen molar-refractivity contribution in [2.75, 3.05) is 0 Å². The van der Waals surface area contributed by atoms with Gasteiger partial charge in [-0.25, -0.2) is 0 Å². The Morgan fingerprint density at radius 1 is 1.38 bits per heavy atom. The van der Waals surface area contributed by atoms with Crippen molar-refractivity contribution in [2.45, 2.75) is 0 Å². The van der Waals surface area contributed by atoms with E-state index in [0.29, 0.717) is 0 Å². The van der Waals surface area contributed by atoms with Crippen molar-refractivity contribution in [1.29, 1.82) is 0 Å². The highest BCUT2D eigenvalue weighted by atomic mass is 16.6. The van der Waals surface area contributed by atoms with E-state index in [1.54, 1.807) is 0 Å². The van der Waals surface area contributed by atoms with E-state index in [1.807, 2.05) is 0 Å². The summed E-state index contributed by atoms with van der Waals surface area (Å²) in [6, 6.07) is 0. The van der Waals surface area contributed by atoms with Gasteiger partial charge in [-0.1, -0.05) is 0 Å². The van der Waals surface area contributed by atoms with E-state index in [9.17, 15) is 10.1 Å². The average molecular weight is 118 g/mol. The molecule has 0 amide bonds. The van der Waals surface area contributed by atoms with Gasteiger partial charge in [-0.15, -0.1) is 0 Å². The van der Waals surface area contributed by atoms with Crippen molar-refractivity contribution in [3.8, 4) is 0 Å². The second-order valence-corrected chi connectivity index (χ2v) is 1.10. The minimum atomic E-state index is -0.852. The van der Waals surface area contributed by atoms with E-state index >= 15 is 0 Å². The monoisotopic (exact) mass is 118 g/mol. The molecule has 0 fully saturated rings. The van der Waals surface area contributed by atoms with Gasteiger partial charge in [0.2, 0.25) is 0 Å². The van der Waals surface area contributed by atoms with E-state index in [-0.39, 0.29) is 0 Å². The molecule has 0 spiro atoms. The molecule has 0 rings (SSSR count). The van der Waals surface area contributed by atoms with Crippen molar-refractivity contribution >= 4 is 0 Å². The van der Waals surface area contributed by atoms with Crippen LogP contribution in [0.1, 0.15) is 0 Å². The van der Waals surface area contributed by atoms with E-state index in [1.165, 1.54) is 0 Å². The lowest BCUT2D eigenvalue weighted by molar-refractivity contribution is -0.427. The smallest absolute Gasteiger partial charge is 0.354 e. The standard InChI is InChI=1S/C2H6N4O2/c3-1(4)2(5)6(7)8/h3-5H2. The van der Waals surface area contributed by atoms with Gasteiger partial charge in [0, 0.05) is 0 Å². The molecule has 0 saturated heterocycles. The Morgan fingerprint density at radius 2 is 1.75 bits per heavy atom. The average Bonchev–Trinajstić information content (AvgIpc) is 1.64. The van der Waals surface area contributed by atoms with Crippen LogP contribution in [-0.2, 0) is 0 Å². The van der Waals surface area contributed by atoms with Crippen LogP contribution in [0.4, 0.5) is 0 Å². The minimum Gasteiger partial charge on any atom is -0.379 e. The highest BCUT2D eigenvalue weighted by molar-refractivity contribution is 4.92. The summed E-state index contributed by atoms with van der Waals surface area (Å²) < 4.78 is 0. The Morgan fingerprint density at radius 3 is 1.75 bits per heavy atom. The first-order chi connectivity index (χ1) is 3.55. The molecule has 0 aromatic rings. The van der Waals surface area contributed by atoms with Crippen LogP contribution in [0.25, 0.3) is 0 Å². The number of nitro groups is 1. The number of rotatable bonds is 1. The molecule has 0 aliphatic rings. The van der Waals surface area contributed by atoms with Crippen LogP contribution >= 0.6 is 0 Å². The number of nitrogens with two attached hydrogens (primary N) is 3. The first kappa shape index (κ1) is 6.54. The number of nitrogens with zero attached hydrogens (tertiary/aromatic N) is 1. The first-order valence-corrected chi connectivity index (χ1v) is 1.70. The highest BCUT2D eigenvalue weighted by Gasteiger charge is 2.01. The summed E-state index contributed by atoms with van der Waals surface area (Å²) in [6.07, 6.45) is 0. The maximum absolute atomic E-state index is 9.60. The van der Waals surface area contributed by atoms with Crippen molar-refractivity contribution in [1.82, 2.24) is 0 Å². The quantitative estimate of drug-likeness (QED) is 0.279. The van der Waals surface area contributed by atoms with Crippen LogP contribution in [0.2, 0.25) is 0 Å². The number of hydrogen-bond acceptors (Lipinski definition) is 5. The van der Waals surface area contributed by atoms with Crippen molar-refractivity contribution in [3.63, 3.8) is 0 Å². The van der Waals surface area contributed by atoms with E-state index in [2.05, 4.69) is 5.73 Å². The molecule has 0 atom stereocenters. The summed E-state index contributed by atoms with van der Waals surface area (Å²) in [5.41, 5.74) is 14.1. The molecule has 8 heavy (non-hydrogen) atoms. The lowest BCUT2D eigenvalue weighted by atomic mass is 10.7. The Labute approximate surface area is 45.1 Å². The van der Waals surface area contributed by atoms with Gasteiger partial charge in [-0.2, -0.15) is 0 Å². The first-order valence-electron chi connectivity index (χ1n) is 1.70. The van der Waals surface area contributed by atoms with Gasteiger partial charge >= 0.3 is 5.82 Å². The van der Waals surface area contributed by atoms with Crippen molar-refractivity contribution < 1.29 is 4.92 Å². The second-order valence-electron chi connectivity index (χ2n) is 1.10. The molecule has 0 unspecified atom stereocenters. The Balaban J connectivity index is 4.23. The topological polar surface area (TPSA) is 121 Å². The van der Waals surface area contributed by atoms with Gasteiger partial charge in [0.25, 0.3) is 0 Å². The maximum Gasteiger partial charge on any atom is 0.354 e. The molecule has 0 saturated carbocycles. The van der Waals surface area contributed by atoms with Gasteiger partial charge in [-0.05, 0) is 4.92 Å². The molecule has 46 valence electrons. The lowest BCUT2D eigenvalue weighted by Crippen LogP contribution is -2.22. The fourth-order valence-corrected chi connectivity index (χ4v) is 0.105.